The van der Waals surface area contributed by atoms with E-state index in [9.17, 15) is 9.59 Å². The van der Waals surface area contributed by atoms with Gasteiger partial charge >= 0.3 is 0 Å². The monoisotopic (exact) mass is 521 g/mol. The lowest BCUT2D eigenvalue weighted by Gasteiger charge is -2.16. The van der Waals surface area contributed by atoms with Crippen LogP contribution in [-0.4, -0.2) is 56.7 Å². The van der Waals surface area contributed by atoms with E-state index in [0.717, 1.165) is 17.9 Å². The summed E-state index contributed by atoms with van der Waals surface area (Å²) in [6.45, 7) is 8.62. The van der Waals surface area contributed by atoms with Crippen molar-refractivity contribution >= 4 is 40.3 Å². The summed E-state index contributed by atoms with van der Waals surface area (Å²) in [6, 6.07) is 3.46. The number of likely N-dealkylation sites (tertiary alicyclic amines) is 1. The van der Waals surface area contributed by atoms with Crippen LogP contribution in [0.25, 0.3) is 11.0 Å². The molecule has 10 nitrogen and oxygen atoms in total. The lowest BCUT2D eigenvalue weighted by Crippen LogP contribution is -2.27. The number of rotatable bonds is 6. The second-order valence-electron chi connectivity index (χ2n) is 8.43. The van der Waals surface area contributed by atoms with Gasteiger partial charge in [0, 0.05) is 32.1 Å². The van der Waals surface area contributed by atoms with Crippen LogP contribution in [0.1, 0.15) is 46.8 Å². The van der Waals surface area contributed by atoms with Gasteiger partial charge in [-0.1, -0.05) is 24.1 Å². The smallest absolute Gasteiger partial charge is 0.255 e. The largest absolute Gasteiger partial charge is 0.503 e. The molecule has 3 aromatic rings. The molecule has 1 atom stereocenters. The highest BCUT2D eigenvalue weighted by Gasteiger charge is 2.35. The average Bonchev–Trinajstić information content (AvgIpc) is 3.56. The molecule has 1 aliphatic rings. The van der Waals surface area contributed by atoms with Crippen LogP contribution in [0.4, 0.5) is 5.82 Å². The van der Waals surface area contributed by atoms with Gasteiger partial charge in [0.05, 0.1) is 29.4 Å². The third-order valence-electron chi connectivity index (χ3n) is 6.30. The summed E-state index contributed by atoms with van der Waals surface area (Å²) >= 11 is 6.65. The van der Waals surface area contributed by atoms with Crippen LogP contribution in [0.3, 0.4) is 0 Å². The molecule has 37 heavy (non-hydrogen) atoms. The standard InChI is InChI=1S/C26H28ClN7O3/c1-6-21(35)33-13-17(12-18(33)14-37-5)34-26(29-4)22(25(28)36)19(31-34)10-8-16-9-11-20-24(23(16)27)30-15(3)32(20)7-2/h6,9,11,14,17,29H,1,7,12-13H2,2-5H3,(H2,28,36)/b18-14+/t17-/m0/s1. The number of aryl methyl sites for hydroxylation is 2. The first kappa shape index (κ1) is 25.9. The number of ether oxygens (including phenoxy) is 1. The molecule has 0 bridgehead atoms. The number of nitrogens with two attached hydrogens (primary N) is 1. The number of aromatic nitrogens is 4. The Hall–Kier alpha value is -4.23. The molecule has 0 spiro atoms. The predicted molar refractivity (Wildman–Crippen MR) is 142 cm³/mol. The van der Waals surface area contributed by atoms with Crippen LogP contribution < -0.4 is 11.1 Å². The van der Waals surface area contributed by atoms with E-state index in [4.69, 9.17) is 22.1 Å². The quantitative estimate of drug-likeness (QED) is 0.292. The average molecular weight is 522 g/mol. The van der Waals surface area contributed by atoms with Crippen LogP contribution in [-0.2, 0) is 16.1 Å². The van der Waals surface area contributed by atoms with Crippen molar-refractivity contribution in [3.63, 3.8) is 0 Å². The molecule has 2 amide bonds. The zero-order valence-electron chi connectivity index (χ0n) is 21.1. The van der Waals surface area contributed by atoms with Gasteiger partial charge in [-0.05, 0) is 38.0 Å². The SMILES string of the molecule is C=CC(=O)N1C[C@@H](n2nc(C#Cc3ccc4c(nc(C)n4CC)c3Cl)c(C(N)=O)c2NC)C/C1=C\OC. The second kappa shape index (κ2) is 10.4. The summed E-state index contributed by atoms with van der Waals surface area (Å²) in [5, 5.41) is 8.07. The zero-order valence-corrected chi connectivity index (χ0v) is 21.9. The van der Waals surface area contributed by atoms with Crippen molar-refractivity contribution in [3.05, 3.63) is 64.4 Å². The van der Waals surface area contributed by atoms with Gasteiger partial charge in [0.2, 0.25) is 5.91 Å². The molecule has 192 valence electrons. The number of halogens is 1. The van der Waals surface area contributed by atoms with Crippen LogP contribution in [0.2, 0.25) is 5.02 Å². The van der Waals surface area contributed by atoms with Crippen molar-refractivity contribution in [1.82, 2.24) is 24.2 Å². The van der Waals surface area contributed by atoms with Gasteiger partial charge in [-0.2, -0.15) is 5.10 Å². The maximum Gasteiger partial charge on any atom is 0.255 e. The molecular formula is C26H28ClN7O3. The number of hydrogen-bond donors (Lipinski definition) is 2. The van der Waals surface area contributed by atoms with Gasteiger partial charge in [0.25, 0.3) is 5.91 Å². The summed E-state index contributed by atoms with van der Waals surface area (Å²) in [4.78, 5) is 31.0. The summed E-state index contributed by atoms with van der Waals surface area (Å²) in [5.41, 5.74) is 8.91. The Morgan fingerprint density at radius 3 is 2.76 bits per heavy atom. The van der Waals surface area contributed by atoms with Crippen LogP contribution in [0.15, 0.2) is 36.7 Å². The molecule has 2 aromatic heterocycles. The Morgan fingerprint density at radius 1 is 1.38 bits per heavy atom. The highest BCUT2D eigenvalue weighted by atomic mass is 35.5. The molecular weight excluding hydrogens is 494 g/mol. The molecule has 0 saturated carbocycles. The number of methoxy groups -OCH3 is 1. The Morgan fingerprint density at radius 2 is 2.14 bits per heavy atom. The number of fused-ring (bicyclic) bond motifs is 1. The predicted octanol–water partition coefficient (Wildman–Crippen LogP) is 3.20. The zero-order chi connectivity index (χ0) is 26.9. The van der Waals surface area contributed by atoms with Gasteiger partial charge in [-0.15, -0.1) is 0 Å². The number of nitrogens with one attached hydrogen (secondary N) is 1. The number of benzene rings is 1. The first-order valence-electron chi connectivity index (χ1n) is 11.7. The van der Waals surface area contributed by atoms with Crippen LogP contribution in [0.5, 0.6) is 0 Å². The van der Waals surface area contributed by atoms with Crippen LogP contribution in [0, 0.1) is 18.8 Å². The molecule has 1 aliphatic heterocycles. The number of primary amides is 1. The fourth-order valence-electron chi connectivity index (χ4n) is 4.65. The van der Waals surface area contributed by atoms with Crippen molar-refractivity contribution in [2.45, 2.75) is 32.9 Å². The first-order chi connectivity index (χ1) is 17.7. The van der Waals surface area contributed by atoms with E-state index in [2.05, 4.69) is 38.4 Å². The molecule has 0 aliphatic carbocycles. The molecule has 1 fully saturated rings. The van der Waals surface area contributed by atoms with Gasteiger partial charge in [0.15, 0.2) is 5.69 Å². The van der Waals surface area contributed by atoms with Crippen molar-refractivity contribution in [3.8, 4) is 11.8 Å². The van der Waals surface area contributed by atoms with E-state index in [1.807, 2.05) is 26.0 Å². The van der Waals surface area contributed by atoms with E-state index in [1.165, 1.54) is 19.4 Å². The molecule has 0 unspecified atom stereocenters. The lowest BCUT2D eigenvalue weighted by molar-refractivity contribution is -0.123. The Labute approximate surface area is 219 Å². The normalized spacial score (nSPS) is 16.1. The first-order valence-corrected chi connectivity index (χ1v) is 12.1. The Balaban J connectivity index is 1.78. The van der Waals surface area contributed by atoms with Crippen molar-refractivity contribution in [1.29, 1.82) is 0 Å². The van der Waals surface area contributed by atoms with E-state index < -0.39 is 5.91 Å². The number of hydrogen-bond acceptors (Lipinski definition) is 6. The fraction of sp³-hybridized carbons (Fsp3) is 0.308. The van der Waals surface area contributed by atoms with Gasteiger partial charge < -0.3 is 25.3 Å². The summed E-state index contributed by atoms with van der Waals surface area (Å²) in [6.07, 6.45) is 3.20. The number of carbonyl (C=O) groups is 2. The molecule has 3 heterocycles. The summed E-state index contributed by atoms with van der Waals surface area (Å²) in [7, 11) is 3.18. The molecule has 1 saturated heterocycles. The molecule has 11 heteroatoms. The van der Waals surface area contributed by atoms with E-state index in [-0.39, 0.29) is 23.2 Å². The van der Waals surface area contributed by atoms with Crippen molar-refractivity contribution in [2.24, 2.45) is 5.73 Å². The third-order valence-corrected chi connectivity index (χ3v) is 6.68. The lowest BCUT2D eigenvalue weighted by atomic mass is 10.1. The van der Waals surface area contributed by atoms with Crippen molar-refractivity contribution in [2.75, 3.05) is 26.0 Å². The summed E-state index contributed by atoms with van der Waals surface area (Å²) < 4.78 is 8.86. The second-order valence-corrected chi connectivity index (χ2v) is 8.81. The number of nitrogens with zero attached hydrogens (tertiary/aromatic N) is 5. The van der Waals surface area contributed by atoms with E-state index in [0.29, 0.717) is 40.6 Å². The molecule has 3 N–H and O–H groups in total. The van der Waals surface area contributed by atoms with Gasteiger partial charge in [-0.25, -0.2) is 9.67 Å². The third kappa shape index (κ3) is 4.54. The fourth-order valence-corrected chi connectivity index (χ4v) is 4.90. The van der Waals surface area contributed by atoms with Gasteiger partial charge in [-0.3, -0.25) is 9.59 Å². The number of anilines is 1. The molecule has 4 rings (SSSR count). The Bertz CT molecular complexity index is 1510. The number of allylic oxidation sites excluding steroid dienone is 1. The minimum Gasteiger partial charge on any atom is -0.503 e. The summed E-state index contributed by atoms with van der Waals surface area (Å²) in [5.74, 6) is 6.34. The van der Waals surface area contributed by atoms with Crippen molar-refractivity contribution < 1.29 is 14.3 Å². The molecule has 1 aromatic carbocycles. The number of carbonyl (C=O) groups excluding carboxylic acids is 2. The maximum atomic E-state index is 12.5. The maximum absolute atomic E-state index is 12.5. The highest BCUT2D eigenvalue weighted by molar-refractivity contribution is 6.36. The highest BCUT2D eigenvalue weighted by Crippen LogP contribution is 2.34. The van der Waals surface area contributed by atoms with E-state index in [1.54, 1.807) is 16.6 Å². The minimum atomic E-state index is -0.677. The molecule has 0 radical (unpaired) electrons. The Kier molecular flexibility index (Phi) is 7.27. The van der Waals surface area contributed by atoms with E-state index >= 15 is 0 Å². The number of amides is 2. The number of imidazole rings is 1. The topological polar surface area (TPSA) is 120 Å². The van der Waals surface area contributed by atoms with Crippen LogP contribution >= 0.6 is 11.6 Å². The van der Waals surface area contributed by atoms with Gasteiger partial charge in [0.1, 0.15) is 29.0 Å². The minimum absolute atomic E-state index is 0.157.